The van der Waals surface area contributed by atoms with Crippen molar-refractivity contribution < 1.29 is 58.4 Å². The van der Waals surface area contributed by atoms with Crippen LogP contribution in [0.3, 0.4) is 0 Å². The summed E-state index contributed by atoms with van der Waals surface area (Å²) in [5.41, 5.74) is 2.09. The average molecular weight is 1030 g/mol. The van der Waals surface area contributed by atoms with E-state index in [-0.39, 0.29) is 67.2 Å². The molecule has 8 unspecified atom stereocenters. The van der Waals surface area contributed by atoms with Crippen LogP contribution < -0.4 is 14.8 Å². The molecule has 0 radical (unpaired) electrons. The molecule has 5 N–H and O–H groups in total. The van der Waals surface area contributed by atoms with E-state index in [9.17, 15) is 30.0 Å². The van der Waals surface area contributed by atoms with E-state index in [1.54, 1.807) is 41.3 Å². The molecule has 16 atom stereocenters. The maximum atomic E-state index is 14.6. The van der Waals surface area contributed by atoms with Gasteiger partial charge in [-0.25, -0.2) is 0 Å². The number of hydrogen-bond acceptors (Lipinski definition) is 13. The van der Waals surface area contributed by atoms with Gasteiger partial charge in [0.1, 0.15) is 5.78 Å². The number of nitrogens with one attached hydrogen (secondary N) is 1. The first-order valence-electron chi connectivity index (χ1n) is 27.8. The minimum atomic E-state index is -1.41. The van der Waals surface area contributed by atoms with Gasteiger partial charge >= 0.3 is 0 Å². The molecule has 424 valence electrons. The summed E-state index contributed by atoms with van der Waals surface area (Å²) < 4.78 is 36.9. The highest BCUT2D eigenvalue weighted by molar-refractivity contribution is 6.02. The number of hydrogen-bond donors (Lipinski definition) is 5. The molecular formula is C60H107NO12. The molecule has 1 aromatic rings. The van der Waals surface area contributed by atoms with Crippen LogP contribution in [-0.2, 0) is 35.0 Å². The number of ether oxygens (including phenoxy) is 6. The van der Waals surface area contributed by atoms with E-state index in [1.165, 1.54) is 6.42 Å². The van der Waals surface area contributed by atoms with E-state index in [0.29, 0.717) is 50.0 Å². The Morgan fingerprint density at radius 1 is 0.890 bits per heavy atom. The number of rotatable bonds is 16. The number of carbonyl (C=O) groups excluding carboxylic acids is 2. The van der Waals surface area contributed by atoms with Crippen molar-refractivity contribution in [2.75, 3.05) is 35.4 Å². The monoisotopic (exact) mass is 1030 g/mol. The molecule has 1 aliphatic heterocycles. The van der Waals surface area contributed by atoms with Crippen LogP contribution in [0.5, 0.6) is 11.5 Å². The van der Waals surface area contributed by atoms with Gasteiger partial charge in [0.15, 0.2) is 23.6 Å². The van der Waals surface area contributed by atoms with Crippen LogP contribution in [0.1, 0.15) is 186 Å². The van der Waals surface area contributed by atoms with Crippen molar-refractivity contribution in [3.63, 3.8) is 0 Å². The number of ketones is 2. The Balaban J connectivity index is 0.00000313. The first-order chi connectivity index (χ1) is 34.2. The normalized spacial score (nSPS) is 32.8. The lowest BCUT2D eigenvalue weighted by Crippen LogP contribution is -2.52. The van der Waals surface area contributed by atoms with Gasteiger partial charge in [-0.1, -0.05) is 86.3 Å². The second kappa shape index (κ2) is 32.8. The number of Topliss-reactive ketones (excluding diaryl/α,β-unsaturated/α-hetero) is 1. The third-order valence-electron chi connectivity index (χ3n) is 15.7. The minimum absolute atomic E-state index is 0.00762. The summed E-state index contributed by atoms with van der Waals surface area (Å²) in [6.45, 7) is 31.4. The lowest BCUT2D eigenvalue weighted by atomic mass is 9.65. The van der Waals surface area contributed by atoms with Gasteiger partial charge in [0, 0.05) is 32.3 Å². The summed E-state index contributed by atoms with van der Waals surface area (Å²) in [6, 6.07) is 3.82. The summed E-state index contributed by atoms with van der Waals surface area (Å²) in [5.74, 6) is -1.06. The molecule has 3 aliphatic rings. The molecule has 0 spiro atoms. The van der Waals surface area contributed by atoms with Crippen LogP contribution in [0.2, 0.25) is 0 Å². The Bertz CT molecular complexity index is 1840. The molecule has 1 fully saturated rings. The predicted molar refractivity (Wildman–Crippen MR) is 296 cm³/mol. The topological polar surface area (TPSA) is 182 Å². The number of aliphatic hydroxyl groups excluding tert-OH is 2. The number of allylic oxidation sites excluding steroid dienone is 3. The van der Waals surface area contributed by atoms with Crippen LogP contribution >= 0.6 is 0 Å². The van der Waals surface area contributed by atoms with E-state index in [0.717, 1.165) is 27.8 Å². The Morgan fingerprint density at radius 3 is 2.00 bits per heavy atom. The predicted octanol–water partition coefficient (Wildman–Crippen LogP) is 10.9. The molecule has 1 heterocycles. The molecule has 0 bridgehead atoms. The molecule has 0 saturated carbocycles. The maximum absolute atomic E-state index is 14.6. The lowest BCUT2D eigenvalue weighted by Gasteiger charge is -2.47. The second-order valence-electron chi connectivity index (χ2n) is 21.9. The SMILES string of the molecule is CC.CCC.CC[C@H]1[C@H](OC(C[C@@H](C)OC)O[C@@H](C)C(C)O)C(C)C(=O)CC[C@@](C)(O)C(C)C(C)/C(CCC2=CC(=O)Cc3cc(OC)c(OC)cc32)=C(/C)C[C@@](C)(O)[C@@H]1CC1OC(C)CC(C)[C@H]1O.CNC. The molecule has 2 aliphatic carbocycles. The van der Waals surface area contributed by atoms with Crippen molar-refractivity contribution >= 4 is 17.1 Å². The summed E-state index contributed by atoms with van der Waals surface area (Å²) in [5, 5.41) is 50.6. The minimum Gasteiger partial charge on any atom is -0.493 e. The quantitative estimate of drug-likeness (QED) is 0.0780. The fourth-order valence-corrected chi connectivity index (χ4v) is 11.0. The highest BCUT2D eigenvalue weighted by atomic mass is 16.7. The Morgan fingerprint density at radius 2 is 1.47 bits per heavy atom. The number of methoxy groups -OCH3 is 3. The number of carbonyl (C=O) groups is 2. The van der Waals surface area contributed by atoms with Crippen LogP contribution in [0.15, 0.2) is 29.4 Å². The maximum Gasteiger partial charge on any atom is 0.161 e. The molecule has 13 nitrogen and oxygen atoms in total. The van der Waals surface area contributed by atoms with Gasteiger partial charge in [0.25, 0.3) is 0 Å². The summed E-state index contributed by atoms with van der Waals surface area (Å²) in [7, 11) is 8.54. The molecule has 4 rings (SSSR count). The first kappa shape index (κ1) is 68.3. The highest BCUT2D eigenvalue weighted by Gasteiger charge is 2.49. The van der Waals surface area contributed by atoms with E-state index < -0.39 is 65.8 Å². The summed E-state index contributed by atoms with van der Waals surface area (Å²) >= 11 is 0. The van der Waals surface area contributed by atoms with Crippen molar-refractivity contribution in [1.29, 1.82) is 0 Å². The standard InChI is InChI=1S/C53H86O12.C3H8.C2H7N.C2H6/c1-16-41-44(27-48-50(57)29(2)21-32(5)63-48)53(12,59)28-30(3)42(18-17-38-23-40(55)24-39-25-46(61-14)47(62-15)26-43(38)39)33(6)35(8)52(11,58)20-19-45(56)34(7)51(41)65-49(22-31(4)60-13)64-37(10)36(9)54;2*1-3-2;1-2/h23,25-26,29,31-37,41,44,48-51,54,57-59H,16-22,24,27-28H2,1-15H3;3H2,1-2H3;3H,1-2H3;1-2H3/b42-30-;;;/t29?,31-,32?,33?,34?,35?,36?,37+,41-,44-,48?,49?,50-,51-,52-,53-;;;/m1.../s1. The molecule has 1 saturated heterocycles. The number of fused-ring (bicyclic) bond motifs is 1. The fourth-order valence-electron chi connectivity index (χ4n) is 11.0. The average Bonchev–Trinajstić information content (AvgIpc) is 3.33. The molecule has 13 heteroatoms. The lowest BCUT2D eigenvalue weighted by molar-refractivity contribution is -0.242. The van der Waals surface area contributed by atoms with Gasteiger partial charge in [-0.15, -0.1) is 0 Å². The van der Waals surface area contributed by atoms with Gasteiger partial charge in [-0.05, 0) is 166 Å². The molecular weight excluding hydrogens is 927 g/mol. The van der Waals surface area contributed by atoms with Crippen molar-refractivity contribution in [2.24, 2.45) is 35.5 Å². The zero-order chi connectivity index (χ0) is 56.1. The van der Waals surface area contributed by atoms with Crippen molar-refractivity contribution in [1.82, 2.24) is 5.32 Å². The number of benzene rings is 1. The van der Waals surface area contributed by atoms with E-state index in [4.69, 9.17) is 28.4 Å². The molecule has 73 heavy (non-hydrogen) atoms. The van der Waals surface area contributed by atoms with Crippen LogP contribution in [-0.4, -0.2) is 128 Å². The number of aliphatic hydroxyl groups is 4. The van der Waals surface area contributed by atoms with Crippen LogP contribution in [0.25, 0.3) is 5.57 Å². The van der Waals surface area contributed by atoms with Crippen LogP contribution in [0, 0.1) is 35.5 Å². The van der Waals surface area contributed by atoms with Gasteiger partial charge in [-0.3, -0.25) is 9.59 Å². The third-order valence-corrected chi connectivity index (χ3v) is 15.7. The Labute approximate surface area is 443 Å². The molecule has 0 amide bonds. The smallest absolute Gasteiger partial charge is 0.161 e. The zero-order valence-electron chi connectivity index (χ0n) is 49.6. The van der Waals surface area contributed by atoms with Crippen molar-refractivity contribution in [3.05, 3.63) is 40.5 Å². The molecule has 0 aromatic heterocycles. The zero-order valence-corrected chi connectivity index (χ0v) is 49.6. The largest absolute Gasteiger partial charge is 0.493 e. The summed E-state index contributed by atoms with van der Waals surface area (Å²) in [4.78, 5) is 27.8. The Kier molecular flexibility index (Phi) is 30.7. The van der Waals surface area contributed by atoms with E-state index in [1.807, 2.05) is 95.5 Å². The van der Waals surface area contributed by atoms with Crippen molar-refractivity contribution in [3.8, 4) is 11.5 Å². The van der Waals surface area contributed by atoms with E-state index >= 15 is 0 Å². The van der Waals surface area contributed by atoms with Gasteiger partial charge in [0.05, 0.1) is 68.1 Å². The first-order valence-corrected chi connectivity index (χ1v) is 27.8. The highest BCUT2D eigenvalue weighted by Crippen LogP contribution is 2.47. The molecule has 1 aromatic carbocycles. The van der Waals surface area contributed by atoms with E-state index in [2.05, 4.69) is 33.0 Å². The van der Waals surface area contributed by atoms with Gasteiger partial charge in [-0.2, -0.15) is 0 Å². The second-order valence-corrected chi connectivity index (χ2v) is 21.9. The fraction of sp³-hybridized carbons (Fsp3) is 0.800. The van der Waals surface area contributed by atoms with Gasteiger partial charge in [0.2, 0.25) is 0 Å². The third kappa shape index (κ3) is 20.0. The van der Waals surface area contributed by atoms with Crippen LogP contribution in [0.4, 0.5) is 0 Å². The Hall–Kier alpha value is -2.72. The van der Waals surface area contributed by atoms with Gasteiger partial charge < -0.3 is 54.2 Å². The van der Waals surface area contributed by atoms with Crippen molar-refractivity contribution in [2.45, 2.75) is 242 Å². The summed E-state index contributed by atoms with van der Waals surface area (Å²) in [6.07, 6.45) is 2.03.